The summed E-state index contributed by atoms with van der Waals surface area (Å²) in [7, 11) is 0. The normalized spacial score (nSPS) is 10.5. The Hall–Kier alpha value is -2.68. The van der Waals surface area contributed by atoms with Crippen LogP contribution in [0.4, 0.5) is 0 Å². The Morgan fingerprint density at radius 2 is 1.53 bits per heavy atom. The Labute approximate surface area is 110 Å². The molecule has 0 spiro atoms. The van der Waals surface area contributed by atoms with Gasteiger partial charge in [0.2, 0.25) is 0 Å². The third-order valence-electron chi connectivity index (χ3n) is 2.65. The molecule has 2 aromatic carbocycles. The zero-order valence-corrected chi connectivity index (χ0v) is 10.1. The molecule has 3 nitrogen and oxygen atoms in total. The van der Waals surface area contributed by atoms with Gasteiger partial charge < -0.3 is 5.11 Å². The molecule has 2 rings (SSSR count). The van der Waals surface area contributed by atoms with E-state index in [4.69, 9.17) is 5.11 Å². The van der Waals surface area contributed by atoms with Crippen LogP contribution in [0.1, 0.15) is 21.5 Å². The lowest BCUT2D eigenvalue weighted by Gasteiger charge is -2.04. The molecule has 0 aliphatic heterocycles. The van der Waals surface area contributed by atoms with Crippen molar-refractivity contribution in [3.8, 4) is 0 Å². The van der Waals surface area contributed by atoms with Crippen molar-refractivity contribution in [2.45, 2.75) is 0 Å². The number of aliphatic carboxylic acids is 1. The van der Waals surface area contributed by atoms with E-state index in [-0.39, 0.29) is 5.78 Å². The second-order valence-electron chi connectivity index (χ2n) is 3.95. The molecule has 0 heterocycles. The molecule has 0 aliphatic carbocycles. The lowest BCUT2D eigenvalue weighted by molar-refractivity contribution is -0.131. The van der Waals surface area contributed by atoms with Gasteiger partial charge in [-0.15, -0.1) is 0 Å². The van der Waals surface area contributed by atoms with E-state index in [2.05, 4.69) is 0 Å². The van der Waals surface area contributed by atoms with Gasteiger partial charge in [-0.1, -0.05) is 54.6 Å². The fourth-order valence-corrected chi connectivity index (χ4v) is 1.76. The summed E-state index contributed by atoms with van der Waals surface area (Å²) in [6.45, 7) is 0. The van der Waals surface area contributed by atoms with Crippen LogP contribution in [-0.4, -0.2) is 16.9 Å². The molecule has 0 radical (unpaired) electrons. The van der Waals surface area contributed by atoms with Crippen molar-refractivity contribution < 1.29 is 14.7 Å². The topological polar surface area (TPSA) is 54.4 Å². The summed E-state index contributed by atoms with van der Waals surface area (Å²) in [4.78, 5) is 22.9. The smallest absolute Gasteiger partial charge is 0.328 e. The highest BCUT2D eigenvalue weighted by Crippen LogP contribution is 2.16. The predicted octanol–water partition coefficient (Wildman–Crippen LogP) is 3.02. The van der Waals surface area contributed by atoms with Crippen LogP contribution in [0, 0.1) is 0 Å². The second-order valence-corrected chi connectivity index (χ2v) is 3.95. The van der Waals surface area contributed by atoms with Gasteiger partial charge in [0, 0.05) is 17.2 Å². The number of carbonyl (C=O) groups is 2. The lowest BCUT2D eigenvalue weighted by Crippen LogP contribution is -2.03. The van der Waals surface area contributed by atoms with Crippen LogP contribution >= 0.6 is 0 Å². The highest BCUT2D eigenvalue weighted by Gasteiger charge is 2.11. The fourth-order valence-electron chi connectivity index (χ4n) is 1.76. The molecule has 0 bridgehead atoms. The number of benzene rings is 2. The van der Waals surface area contributed by atoms with E-state index in [1.54, 1.807) is 48.5 Å². The number of rotatable bonds is 4. The fraction of sp³-hybridized carbons (Fsp3) is 0. The number of hydrogen-bond donors (Lipinski definition) is 1. The lowest BCUT2D eigenvalue weighted by atomic mass is 9.98. The van der Waals surface area contributed by atoms with Gasteiger partial charge >= 0.3 is 5.97 Å². The van der Waals surface area contributed by atoms with E-state index in [1.807, 2.05) is 6.07 Å². The Bertz CT molecular complexity index is 627. The molecule has 0 amide bonds. The number of carboxylic acid groups (broad SMARTS) is 1. The van der Waals surface area contributed by atoms with Crippen molar-refractivity contribution in [3.05, 3.63) is 77.4 Å². The molecule has 0 fully saturated rings. The maximum absolute atomic E-state index is 12.3. The maximum Gasteiger partial charge on any atom is 0.328 e. The first-order valence-corrected chi connectivity index (χ1v) is 5.78. The molecule has 2 aromatic rings. The first-order valence-electron chi connectivity index (χ1n) is 5.78. The summed E-state index contributed by atoms with van der Waals surface area (Å²) >= 11 is 0. The van der Waals surface area contributed by atoms with E-state index >= 15 is 0 Å². The number of hydrogen-bond acceptors (Lipinski definition) is 2. The molecular formula is C16H12O3. The van der Waals surface area contributed by atoms with E-state index in [1.165, 1.54) is 6.08 Å². The Morgan fingerprint density at radius 3 is 2.21 bits per heavy atom. The summed E-state index contributed by atoms with van der Waals surface area (Å²) in [6, 6.07) is 15.8. The molecule has 0 saturated carbocycles. The number of ketones is 1. The summed E-state index contributed by atoms with van der Waals surface area (Å²) in [5.74, 6) is -1.16. The van der Waals surface area contributed by atoms with Crippen molar-refractivity contribution in [1.82, 2.24) is 0 Å². The van der Waals surface area contributed by atoms with Gasteiger partial charge in [0.1, 0.15) is 0 Å². The molecule has 0 atom stereocenters. The standard InChI is InChI=1S/C16H12O3/c17-15(18)11-10-12-6-4-5-9-14(12)16(19)13-7-2-1-3-8-13/h1-11H,(H,17,18)/b11-10+. The van der Waals surface area contributed by atoms with Gasteiger partial charge in [-0.25, -0.2) is 4.79 Å². The largest absolute Gasteiger partial charge is 0.478 e. The van der Waals surface area contributed by atoms with Crippen LogP contribution in [-0.2, 0) is 4.79 Å². The summed E-state index contributed by atoms with van der Waals surface area (Å²) in [5, 5.41) is 8.65. The zero-order chi connectivity index (χ0) is 13.7. The monoisotopic (exact) mass is 252 g/mol. The highest BCUT2D eigenvalue weighted by atomic mass is 16.4. The minimum absolute atomic E-state index is 0.119. The summed E-state index contributed by atoms with van der Waals surface area (Å²) in [5.41, 5.74) is 1.67. The molecular weight excluding hydrogens is 240 g/mol. The van der Waals surface area contributed by atoms with Gasteiger partial charge in [0.25, 0.3) is 0 Å². The van der Waals surface area contributed by atoms with Crippen molar-refractivity contribution in [3.63, 3.8) is 0 Å². The van der Waals surface area contributed by atoms with Gasteiger partial charge in [-0.2, -0.15) is 0 Å². The predicted molar refractivity (Wildman–Crippen MR) is 73.0 cm³/mol. The van der Waals surface area contributed by atoms with Gasteiger partial charge in [0.15, 0.2) is 5.78 Å². The first kappa shape index (κ1) is 12.8. The molecule has 0 aliphatic rings. The minimum atomic E-state index is -1.04. The maximum atomic E-state index is 12.3. The van der Waals surface area contributed by atoms with Crippen LogP contribution < -0.4 is 0 Å². The molecule has 0 saturated heterocycles. The summed E-state index contributed by atoms with van der Waals surface area (Å²) < 4.78 is 0. The van der Waals surface area contributed by atoms with Crippen molar-refractivity contribution >= 4 is 17.8 Å². The average Bonchev–Trinajstić information content (AvgIpc) is 2.45. The van der Waals surface area contributed by atoms with E-state index < -0.39 is 5.97 Å². The van der Waals surface area contributed by atoms with Crippen LogP contribution in [0.25, 0.3) is 6.08 Å². The van der Waals surface area contributed by atoms with Crippen LogP contribution in [0.15, 0.2) is 60.7 Å². The zero-order valence-electron chi connectivity index (χ0n) is 10.1. The van der Waals surface area contributed by atoms with Crippen molar-refractivity contribution in [2.75, 3.05) is 0 Å². The van der Waals surface area contributed by atoms with Gasteiger partial charge in [-0.3, -0.25) is 4.79 Å². The quantitative estimate of drug-likeness (QED) is 0.672. The minimum Gasteiger partial charge on any atom is -0.478 e. The van der Waals surface area contributed by atoms with Crippen LogP contribution in [0.2, 0.25) is 0 Å². The molecule has 94 valence electrons. The van der Waals surface area contributed by atoms with Crippen LogP contribution in [0.3, 0.4) is 0 Å². The molecule has 0 aromatic heterocycles. The SMILES string of the molecule is O=C(O)/C=C/c1ccccc1C(=O)c1ccccc1. The van der Waals surface area contributed by atoms with E-state index in [9.17, 15) is 9.59 Å². The molecule has 0 unspecified atom stereocenters. The average molecular weight is 252 g/mol. The highest BCUT2D eigenvalue weighted by molar-refractivity contribution is 6.11. The van der Waals surface area contributed by atoms with E-state index in [0.29, 0.717) is 16.7 Å². The van der Waals surface area contributed by atoms with E-state index in [0.717, 1.165) is 6.08 Å². The summed E-state index contributed by atoms with van der Waals surface area (Å²) in [6.07, 6.45) is 2.45. The Kier molecular flexibility index (Phi) is 3.88. The van der Waals surface area contributed by atoms with Crippen molar-refractivity contribution in [1.29, 1.82) is 0 Å². The Balaban J connectivity index is 2.40. The number of carbonyl (C=O) groups excluding carboxylic acids is 1. The molecule has 1 N–H and O–H groups in total. The second kappa shape index (κ2) is 5.78. The van der Waals surface area contributed by atoms with Crippen molar-refractivity contribution in [2.24, 2.45) is 0 Å². The number of carboxylic acids is 1. The Morgan fingerprint density at radius 1 is 0.895 bits per heavy atom. The van der Waals surface area contributed by atoms with Gasteiger partial charge in [0.05, 0.1) is 0 Å². The third-order valence-corrected chi connectivity index (χ3v) is 2.65. The van der Waals surface area contributed by atoms with Crippen LogP contribution in [0.5, 0.6) is 0 Å². The molecule has 3 heteroatoms. The molecule has 19 heavy (non-hydrogen) atoms. The third kappa shape index (κ3) is 3.16. The van der Waals surface area contributed by atoms with Gasteiger partial charge in [-0.05, 0) is 11.6 Å². The first-order chi connectivity index (χ1) is 9.18.